The monoisotopic (exact) mass is 230 g/mol. The molecule has 2 aromatic heterocycles. The fourth-order valence-electron chi connectivity index (χ4n) is 0.950. The summed E-state index contributed by atoms with van der Waals surface area (Å²) in [6.07, 6.45) is 3.44. The topological polar surface area (TPSA) is 17.3 Å². The van der Waals surface area contributed by atoms with E-state index in [1.165, 1.54) is 0 Å². The van der Waals surface area contributed by atoms with Crippen molar-refractivity contribution in [3.05, 3.63) is 34.3 Å². The van der Waals surface area contributed by atoms with Crippen molar-refractivity contribution >= 4 is 33.0 Å². The Kier molecular flexibility index (Phi) is 1.62. The van der Waals surface area contributed by atoms with Gasteiger partial charge in [-0.15, -0.1) is 0 Å². The molecule has 11 heavy (non-hydrogen) atoms. The van der Waals surface area contributed by atoms with E-state index >= 15 is 0 Å². The summed E-state index contributed by atoms with van der Waals surface area (Å²) in [6, 6.07) is 3.72. The Morgan fingerprint density at radius 2 is 2.27 bits per heavy atom. The van der Waals surface area contributed by atoms with Crippen LogP contribution >= 0.6 is 27.5 Å². The van der Waals surface area contributed by atoms with E-state index in [-0.39, 0.29) is 0 Å². The zero-order valence-electron chi connectivity index (χ0n) is 5.46. The number of imidazole rings is 1. The molecule has 2 aromatic rings. The van der Waals surface area contributed by atoms with Crippen molar-refractivity contribution in [2.24, 2.45) is 0 Å². The second kappa shape index (κ2) is 2.50. The third-order valence-electron chi connectivity index (χ3n) is 1.48. The molecule has 4 heteroatoms. The molecule has 0 spiro atoms. The van der Waals surface area contributed by atoms with Gasteiger partial charge in [0.1, 0.15) is 6.33 Å². The molecule has 0 amide bonds. The molecule has 0 aromatic carbocycles. The average Bonchev–Trinajstić information content (AvgIpc) is 2.45. The van der Waals surface area contributed by atoms with Crippen LogP contribution in [0.1, 0.15) is 0 Å². The van der Waals surface area contributed by atoms with Crippen molar-refractivity contribution in [3.8, 4) is 0 Å². The van der Waals surface area contributed by atoms with Gasteiger partial charge in [0.15, 0.2) is 0 Å². The molecule has 0 atom stereocenters. The van der Waals surface area contributed by atoms with Crippen LogP contribution in [0, 0.1) is 0 Å². The Bertz CT molecular complexity index is 360. The van der Waals surface area contributed by atoms with Crippen LogP contribution in [0.3, 0.4) is 0 Å². The summed E-state index contributed by atoms with van der Waals surface area (Å²) < 4.78 is 2.83. The van der Waals surface area contributed by atoms with E-state index in [2.05, 4.69) is 20.9 Å². The molecule has 0 fully saturated rings. The molecule has 2 heterocycles. The Morgan fingerprint density at radius 1 is 1.45 bits per heavy atom. The summed E-state index contributed by atoms with van der Waals surface area (Å²) >= 11 is 9.26. The molecule has 0 radical (unpaired) electrons. The lowest BCUT2D eigenvalue weighted by Gasteiger charge is -1.97. The first kappa shape index (κ1) is 7.13. The zero-order valence-corrected chi connectivity index (χ0v) is 7.80. The normalized spacial score (nSPS) is 10.7. The maximum Gasteiger partial charge on any atom is 0.100 e. The maximum absolute atomic E-state index is 5.89. The van der Waals surface area contributed by atoms with E-state index in [4.69, 9.17) is 11.6 Å². The van der Waals surface area contributed by atoms with Gasteiger partial charge in [-0.2, -0.15) is 0 Å². The molecule has 0 aliphatic heterocycles. The predicted octanol–water partition coefficient (Wildman–Crippen LogP) is 2.75. The third-order valence-corrected chi connectivity index (χ3v) is 2.45. The summed E-state index contributed by atoms with van der Waals surface area (Å²) in [5, 5.41) is 0.714. The van der Waals surface area contributed by atoms with Crippen LogP contribution in [-0.4, -0.2) is 9.38 Å². The number of hydrogen-bond donors (Lipinski definition) is 0. The van der Waals surface area contributed by atoms with E-state index in [0.717, 1.165) is 10.1 Å². The highest BCUT2D eigenvalue weighted by Gasteiger charge is 2.00. The van der Waals surface area contributed by atoms with Crippen molar-refractivity contribution in [1.29, 1.82) is 0 Å². The van der Waals surface area contributed by atoms with Crippen LogP contribution in [0.2, 0.25) is 5.02 Å². The van der Waals surface area contributed by atoms with Crippen LogP contribution in [0.4, 0.5) is 0 Å². The summed E-state index contributed by atoms with van der Waals surface area (Å²) in [7, 11) is 0. The number of hydrogen-bond acceptors (Lipinski definition) is 1. The second-order valence-corrected chi connectivity index (χ2v) is 3.37. The molecule has 0 saturated carbocycles. The molecule has 0 aliphatic carbocycles. The molecule has 0 unspecified atom stereocenters. The first-order valence-electron chi connectivity index (χ1n) is 3.05. The van der Waals surface area contributed by atoms with Crippen molar-refractivity contribution in [3.63, 3.8) is 0 Å². The van der Waals surface area contributed by atoms with Gasteiger partial charge in [-0.25, -0.2) is 4.98 Å². The smallest absolute Gasteiger partial charge is 0.100 e. The molecule has 0 bridgehead atoms. The molecule has 2 nitrogen and oxygen atoms in total. The lowest BCUT2D eigenvalue weighted by Crippen LogP contribution is -1.83. The first-order chi connectivity index (χ1) is 5.29. The average molecular weight is 231 g/mol. The fraction of sp³-hybridized carbons (Fsp3) is 0. The highest BCUT2D eigenvalue weighted by atomic mass is 79.9. The largest absolute Gasteiger partial charge is 0.292 e. The van der Waals surface area contributed by atoms with Gasteiger partial charge < -0.3 is 0 Å². The number of halogens is 2. The number of fused-ring (bicyclic) bond motifs is 1. The highest BCUT2D eigenvalue weighted by molar-refractivity contribution is 9.10. The first-order valence-corrected chi connectivity index (χ1v) is 4.22. The lowest BCUT2D eigenvalue weighted by molar-refractivity contribution is 1.12. The maximum atomic E-state index is 5.89. The van der Waals surface area contributed by atoms with Crippen LogP contribution in [0.25, 0.3) is 5.52 Å². The number of aromatic nitrogens is 2. The SMILES string of the molecule is Clc1ccc(Br)n2cncc12. The number of pyridine rings is 1. The minimum Gasteiger partial charge on any atom is -0.292 e. The predicted molar refractivity (Wildman–Crippen MR) is 47.9 cm³/mol. The Morgan fingerprint density at radius 3 is 3.00 bits per heavy atom. The highest BCUT2D eigenvalue weighted by Crippen LogP contribution is 2.21. The standard InChI is InChI=1S/C7H4BrClN2/c8-7-2-1-5(9)6-3-10-4-11(6)7/h1-4H. The fourth-order valence-corrected chi connectivity index (χ4v) is 1.57. The van der Waals surface area contributed by atoms with Crippen LogP contribution in [0.5, 0.6) is 0 Å². The van der Waals surface area contributed by atoms with Gasteiger partial charge in [0.05, 0.1) is 21.3 Å². The van der Waals surface area contributed by atoms with Crippen molar-refractivity contribution < 1.29 is 0 Å². The van der Waals surface area contributed by atoms with Gasteiger partial charge in [-0.05, 0) is 28.1 Å². The van der Waals surface area contributed by atoms with Crippen LogP contribution < -0.4 is 0 Å². The van der Waals surface area contributed by atoms with Gasteiger partial charge >= 0.3 is 0 Å². The Labute approximate surface area is 76.9 Å². The van der Waals surface area contributed by atoms with Gasteiger partial charge in [0, 0.05) is 0 Å². The summed E-state index contributed by atoms with van der Waals surface area (Å²) in [5.74, 6) is 0. The van der Waals surface area contributed by atoms with Gasteiger partial charge in [-0.3, -0.25) is 4.40 Å². The zero-order chi connectivity index (χ0) is 7.84. The van der Waals surface area contributed by atoms with Crippen molar-refractivity contribution in [1.82, 2.24) is 9.38 Å². The van der Waals surface area contributed by atoms with Crippen LogP contribution in [-0.2, 0) is 0 Å². The van der Waals surface area contributed by atoms with Crippen molar-refractivity contribution in [2.75, 3.05) is 0 Å². The van der Waals surface area contributed by atoms with Gasteiger partial charge in [0.2, 0.25) is 0 Å². The third kappa shape index (κ3) is 1.04. The summed E-state index contributed by atoms with van der Waals surface area (Å²) in [5.41, 5.74) is 0.918. The molecule has 0 aliphatic rings. The van der Waals surface area contributed by atoms with E-state index in [1.807, 2.05) is 16.5 Å². The quantitative estimate of drug-likeness (QED) is 0.637. The Hall–Kier alpha value is -0.540. The van der Waals surface area contributed by atoms with E-state index in [1.54, 1.807) is 12.5 Å². The molecular weight excluding hydrogens is 227 g/mol. The van der Waals surface area contributed by atoms with E-state index < -0.39 is 0 Å². The molecular formula is C7H4BrClN2. The van der Waals surface area contributed by atoms with E-state index in [9.17, 15) is 0 Å². The van der Waals surface area contributed by atoms with Gasteiger partial charge in [0.25, 0.3) is 0 Å². The number of nitrogens with zero attached hydrogens (tertiary/aromatic N) is 2. The summed E-state index contributed by atoms with van der Waals surface area (Å²) in [4.78, 5) is 3.97. The van der Waals surface area contributed by atoms with Crippen molar-refractivity contribution in [2.45, 2.75) is 0 Å². The molecule has 0 saturated heterocycles. The second-order valence-electron chi connectivity index (χ2n) is 2.15. The van der Waals surface area contributed by atoms with Gasteiger partial charge in [-0.1, -0.05) is 11.6 Å². The minimum absolute atomic E-state index is 0.714. The summed E-state index contributed by atoms with van der Waals surface area (Å²) in [6.45, 7) is 0. The van der Waals surface area contributed by atoms with E-state index in [0.29, 0.717) is 5.02 Å². The van der Waals surface area contributed by atoms with Crippen LogP contribution in [0.15, 0.2) is 29.3 Å². The Balaban J connectivity index is 2.96. The number of rotatable bonds is 0. The molecule has 56 valence electrons. The lowest BCUT2D eigenvalue weighted by atomic mass is 10.4. The molecule has 0 N–H and O–H groups in total. The minimum atomic E-state index is 0.714. The molecule has 2 rings (SSSR count).